The molecule has 1 aliphatic heterocycles. The predicted octanol–water partition coefficient (Wildman–Crippen LogP) is 2.05. The summed E-state index contributed by atoms with van der Waals surface area (Å²) in [5, 5.41) is 11.6. The van der Waals surface area contributed by atoms with Gasteiger partial charge in [0.25, 0.3) is 0 Å². The van der Waals surface area contributed by atoms with Crippen LogP contribution in [-0.2, 0) is 0 Å². The molecule has 1 aromatic rings. The topological polar surface area (TPSA) is 74.7 Å². The van der Waals surface area contributed by atoms with Crippen LogP contribution in [0.5, 0.6) is 0 Å². The van der Waals surface area contributed by atoms with Crippen LogP contribution >= 0.6 is 0 Å². The smallest absolute Gasteiger partial charge is 0.188 e. The maximum atomic E-state index is 8.61. The predicted molar refractivity (Wildman–Crippen MR) is 76.5 cm³/mol. The average molecular weight is 262 g/mol. The lowest BCUT2D eigenvalue weighted by molar-refractivity contribution is 0.263. The Bertz CT molecular complexity index is 461. The molecule has 1 aliphatic rings. The van der Waals surface area contributed by atoms with Gasteiger partial charge in [-0.2, -0.15) is 0 Å². The Morgan fingerprint density at radius 3 is 2.68 bits per heavy atom. The summed E-state index contributed by atoms with van der Waals surface area (Å²) < 4.78 is 0. The largest absolute Gasteiger partial charge is 0.409 e. The summed E-state index contributed by atoms with van der Waals surface area (Å²) in [6.45, 7) is 9.00. The summed E-state index contributed by atoms with van der Waals surface area (Å²) in [5.41, 5.74) is 7.44. The fraction of sp³-hybridized carbons (Fsp3) is 0.571. The molecular weight excluding hydrogens is 240 g/mol. The molecule has 1 unspecified atom stereocenters. The van der Waals surface area contributed by atoms with Crippen molar-refractivity contribution in [3.63, 3.8) is 0 Å². The van der Waals surface area contributed by atoms with Crippen molar-refractivity contribution in [2.75, 3.05) is 18.0 Å². The van der Waals surface area contributed by atoms with Gasteiger partial charge in [-0.05, 0) is 29.9 Å². The lowest BCUT2D eigenvalue weighted by Crippen LogP contribution is -2.26. The summed E-state index contributed by atoms with van der Waals surface area (Å²) in [7, 11) is 0. The molecule has 0 saturated carbocycles. The van der Waals surface area contributed by atoms with E-state index in [2.05, 4.69) is 35.8 Å². The van der Waals surface area contributed by atoms with E-state index in [1.54, 1.807) is 12.3 Å². The van der Waals surface area contributed by atoms with E-state index in [4.69, 9.17) is 10.9 Å². The molecule has 19 heavy (non-hydrogen) atoms. The molecule has 0 radical (unpaired) electrons. The van der Waals surface area contributed by atoms with Gasteiger partial charge < -0.3 is 15.8 Å². The van der Waals surface area contributed by atoms with Crippen LogP contribution in [0, 0.1) is 11.3 Å². The van der Waals surface area contributed by atoms with Crippen molar-refractivity contribution in [3.05, 3.63) is 24.0 Å². The summed E-state index contributed by atoms with van der Waals surface area (Å²) in [4.78, 5) is 6.57. The zero-order chi connectivity index (χ0) is 14.0. The first kappa shape index (κ1) is 13.6. The lowest BCUT2D eigenvalue weighted by atomic mass is 9.80. The molecule has 0 amide bonds. The van der Waals surface area contributed by atoms with Gasteiger partial charge in [0.05, 0.1) is 11.9 Å². The van der Waals surface area contributed by atoms with E-state index in [0.29, 0.717) is 17.0 Å². The van der Waals surface area contributed by atoms with Gasteiger partial charge in [-0.25, -0.2) is 0 Å². The number of aromatic nitrogens is 1. The van der Waals surface area contributed by atoms with Crippen LogP contribution in [0.2, 0.25) is 0 Å². The number of amidine groups is 1. The van der Waals surface area contributed by atoms with Crippen molar-refractivity contribution in [2.24, 2.45) is 22.2 Å². The third-order valence-electron chi connectivity index (χ3n) is 3.90. The van der Waals surface area contributed by atoms with Crippen molar-refractivity contribution >= 4 is 11.5 Å². The van der Waals surface area contributed by atoms with Crippen molar-refractivity contribution in [1.82, 2.24) is 4.98 Å². The highest BCUT2D eigenvalue weighted by atomic mass is 16.4. The van der Waals surface area contributed by atoms with Crippen molar-refractivity contribution in [1.29, 1.82) is 0 Å². The minimum absolute atomic E-state index is 0.0422. The molecule has 2 rings (SSSR count). The second kappa shape index (κ2) is 5.07. The second-order valence-corrected chi connectivity index (χ2v) is 6.18. The van der Waals surface area contributed by atoms with E-state index in [1.807, 2.05) is 6.07 Å². The number of hydrogen-bond donors (Lipinski definition) is 2. The minimum Gasteiger partial charge on any atom is -0.409 e. The number of nitrogens with zero attached hydrogens (tertiary/aromatic N) is 3. The molecule has 5 nitrogen and oxygen atoms in total. The number of anilines is 1. The first-order valence-electron chi connectivity index (χ1n) is 6.60. The van der Waals surface area contributed by atoms with E-state index >= 15 is 0 Å². The van der Waals surface area contributed by atoms with Crippen molar-refractivity contribution in [3.8, 4) is 0 Å². The Hall–Kier alpha value is -1.78. The molecule has 0 aromatic carbocycles. The average Bonchev–Trinajstić information content (AvgIpc) is 2.87. The summed E-state index contributed by atoms with van der Waals surface area (Å²) in [6.07, 6.45) is 3.00. The number of rotatable bonds is 2. The molecule has 5 heteroatoms. The monoisotopic (exact) mass is 262 g/mol. The minimum atomic E-state index is 0.0422. The lowest BCUT2D eigenvalue weighted by Gasteiger charge is -2.27. The second-order valence-electron chi connectivity index (χ2n) is 6.18. The molecule has 104 valence electrons. The molecule has 3 N–H and O–H groups in total. The van der Waals surface area contributed by atoms with Gasteiger partial charge in [0, 0.05) is 13.1 Å². The summed E-state index contributed by atoms with van der Waals surface area (Å²) in [6, 6.07) is 3.76. The molecule has 0 spiro atoms. The first-order valence-corrected chi connectivity index (χ1v) is 6.60. The van der Waals surface area contributed by atoms with Gasteiger partial charge in [-0.3, -0.25) is 4.98 Å². The van der Waals surface area contributed by atoms with E-state index in [-0.39, 0.29) is 5.84 Å². The normalized spacial score (nSPS) is 20.9. The molecule has 1 aromatic heterocycles. The molecule has 2 heterocycles. The maximum Gasteiger partial charge on any atom is 0.188 e. The molecule has 1 saturated heterocycles. The Kier molecular flexibility index (Phi) is 3.64. The molecule has 1 fully saturated rings. The van der Waals surface area contributed by atoms with Gasteiger partial charge in [0.15, 0.2) is 5.84 Å². The fourth-order valence-corrected chi connectivity index (χ4v) is 2.48. The summed E-state index contributed by atoms with van der Waals surface area (Å²) in [5.74, 6) is 0.747. The van der Waals surface area contributed by atoms with Crippen LogP contribution in [0.3, 0.4) is 0 Å². The van der Waals surface area contributed by atoms with Crippen LogP contribution in [0.1, 0.15) is 32.9 Å². The molecule has 1 atom stereocenters. The van der Waals surface area contributed by atoms with E-state index in [0.717, 1.165) is 18.8 Å². The Balaban J connectivity index is 2.08. The fourth-order valence-electron chi connectivity index (χ4n) is 2.48. The van der Waals surface area contributed by atoms with Crippen LogP contribution in [0.4, 0.5) is 5.69 Å². The van der Waals surface area contributed by atoms with Gasteiger partial charge in [0.1, 0.15) is 5.69 Å². The maximum absolute atomic E-state index is 8.61. The quantitative estimate of drug-likeness (QED) is 0.370. The highest BCUT2D eigenvalue weighted by Crippen LogP contribution is 2.35. The van der Waals surface area contributed by atoms with E-state index in [1.165, 1.54) is 6.42 Å². The molecule has 0 bridgehead atoms. The van der Waals surface area contributed by atoms with Crippen LogP contribution in [0.25, 0.3) is 0 Å². The van der Waals surface area contributed by atoms with Crippen LogP contribution < -0.4 is 10.6 Å². The number of nitrogens with two attached hydrogens (primary N) is 1. The number of hydrogen-bond acceptors (Lipinski definition) is 4. The summed E-state index contributed by atoms with van der Waals surface area (Å²) >= 11 is 0. The van der Waals surface area contributed by atoms with E-state index < -0.39 is 0 Å². The van der Waals surface area contributed by atoms with Gasteiger partial charge in [-0.1, -0.05) is 25.9 Å². The van der Waals surface area contributed by atoms with Gasteiger partial charge >= 0.3 is 0 Å². The van der Waals surface area contributed by atoms with E-state index in [9.17, 15) is 0 Å². The molecular formula is C14H22N4O. The Morgan fingerprint density at radius 1 is 1.47 bits per heavy atom. The van der Waals surface area contributed by atoms with Gasteiger partial charge in [-0.15, -0.1) is 0 Å². The third kappa shape index (κ3) is 2.97. The molecule has 0 aliphatic carbocycles. The number of oxime groups is 1. The van der Waals surface area contributed by atoms with Crippen molar-refractivity contribution in [2.45, 2.75) is 27.2 Å². The Morgan fingerprint density at radius 2 is 2.21 bits per heavy atom. The van der Waals surface area contributed by atoms with Crippen LogP contribution in [-0.4, -0.2) is 29.1 Å². The van der Waals surface area contributed by atoms with Crippen molar-refractivity contribution < 1.29 is 5.21 Å². The first-order chi connectivity index (χ1) is 8.91. The van der Waals surface area contributed by atoms with Gasteiger partial charge in [0.2, 0.25) is 0 Å². The van der Waals surface area contributed by atoms with Crippen LogP contribution in [0.15, 0.2) is 23.5 Å². The SMILES string of the molecule is CC(C)(C)C1CCN(c2ccc(/C(N)=N/O)nc2)C1. The zero-order valence-electron chi connectivity index (χ0n) is 11.8. The highest BCUT2D eigenvalue weighted by Gasteiger charge is 2.31. The zero-order valence-corrected chi connectivity index (χ0v) is 11.8. The standard InChI is InChI=1S/C14H22N4O/c1-14(2,3)10-6-7-18(9-10)11-4-5-12(16-8-11)13(15)17-19/h4-5,8,10,19H,6-7,9H2,1-3H3,(H2,15,17). The third-order valence-corrected chi connectivity index (χ3v) is 3.90. The Labute approximate surface area is 114 Å². The highest BCUT2D eigenvalue weighted by molar-refractivity contribution is 5.95. The number of pyridine rings is 1.